The molecule has 1 atom stereocenters. The second-order valence-corrected chi connectivity index (χ2v) is 4.36. The molecule has 2 amide bonds. The van der Waals surface area contributed by atoms with E-state index in [1.807, 2.05) is 6.92 Å². The van der Waals surface area contributed by atoms with Gasteiger partial charge in [0.05, 0.1) is 11.9 Å². The Labute approximate surface area is 112 Å². The second-order valence-electron chi connectivity index (χ2n) is 4.36. The van der Waals surface area contributed by atoms with Crippen LogP contribution in [0.4, 0.5) is 5.69 Å². The quantitative estimate of drug-likeness (QED) is 0.644. The first kappa shape index (κ1) is 15.2. The number of anilines is 1. The van der Waals surface area contributed by atoms with Crippen LogP contribution in [-0.4, -0.2) is 35.2 Å². The first-order valence-corrected chi connectivity index (χ1v) is 6.32. The van der Waals surface area contributed by atoms with Gasteiger partial charge in [-0.25, -0.2) is 0 Å². The third kappa shape index (κ3) is 5.09. The van der Waals surface area contributed by atoms with Crippen molar-refractivity contribution in [2.45, 2.75) is 26.3 Å². The number of rotatable bonds is 7. The van der Waals surface area contributed by atoms with E-state index in [1.54, 1.807) is 13.2 Å². The molecule has 0 aliphatic carbocycles. The SMILES string of the molecule is CCC(CN)CC(=O)Nc1cnn(CC(=O)NC)c1. The molecule has 0 fully saturated rings. The first-order valence-electron chi connectivity index (χ1n) is 6.32. The third-order valence-corrected chi connectivity index (χ3v) is 2.89. The summed E-state index contributed by atoms with van der Waals surface area (Å²) in [6.07, 6.45) is 4.41. The lowest BCUT2D eigenvalue weighted by molar-refractivity contribution is -0.121. The molecule has 0 saturated heterocycles. The molecule has 4 N–H and O–H groups in total. The zero-order valence-corrected chi connectivity index (χ0v) is 11.3. The summed E-state index contributed by atoms with van der Waals surface area (Å²) in [6.45, 7) is 2.64. The highest BCUT2D eigenvalue weighted by Crippen LogP contribution is 2.10. The summed E-state index contributed by atoms with van der Waals surface area (Å²) in [6, 6.07) is 0. The van der Waals surface area contributed by atoms with Gasteiger partial charge in [0.15, 0.2) is 0 Å². The van der Waals surface area contributed by atoms with Crippen LogP contribution in [0.15, 0.2) is 12.4 Å². The van der Waals surface area contributed by atoms with Gasteiger partial charge in [0.25, 0.3) is 0 Å². The lowest BCUT2D eigenvalue weighted by Gasteiger charge is -2.10. The number of carbonyl (C=O) groups is 2. The van der Waals surface area contributed by atoms with E-state index in [0.29, 0.717) is 18.7 Å². The number of hydrogen-bond donors (Lipinski definition) is 3. The molecule has 7 heteroatoms. The maximum atomic E-state index is 11.7. The van der Waals surface area contributed by atoms with Gasteiger partial charge in [-0.3, -0.25) is 14.3 Å². The molecule has 0 spiro atoms. The first-order chi connectivity index (χ1) is 9.08. The van der Waals surface area contributed by atoms with Crippen molar-refractivity contribution in [1.82, 2.24) is 15.1 Å². The van der Waals surface area contributed by atoms with Crippen LogP contribution in [0.25, 0.3) is 0 Å². The van der Waals surface area contributed by atoms with E-state index >= 15 is 0 Å². The highest BCUT2D eigenvalue weighted by atomic mass is 16.2. The van der Waals surface area contributed by atoms with Crippen molar-refractivity contribution in [3.63, 3.8) is 0 Å². The number of likely N-dealkylation sites (N-methyl/N-ethyl adjacent to an activating group) is 1. The Kier molecular flexibility index (Phi) is 6.01. The van der Waals surface area contributed by atoms with Gasteiger partial charge in [0.1, 0.15) is 6.54 Å². The van der Waals surface area contributed by atoms with Crippen molar-refractivity contribution in [1.29, 1.82) is 0 Å². The third-order valence-electron chi connectivity index (χ3n) is 2.89. The minimum Gasteiger partial charge on any atom is -0.358 e. The standard InChI is InChI=1S/C12H21N5O2/c1-3-9(5-13)4-11(18)16-10-6-15-17(7-10)8-12(19)14-2/h6-7,9H,3-5,8,13H2,1-2H3,(H,14,19)(H,16,18). The number of aromatic nitrogens is 2. The molecule has 1 aromatic heterocycles. The van der Waals surface area contributed by atoms with Gasteiger partial charge in [0.2, 0.25) is 11.8 Å². The number of amides is 2. The fourth-order valence-electron chi connectivity index (χ4n) is 1.61. The molecular weight excluding hydrogens is 246 g/mol. The van der Waals surface area contributed by atoms with Crippen LogP contribution in [0.1, 0.15) is 19.8 Å². The fraction of sp³-hybridized carbons (Fsp3) is 0.583. The molecule has 0 saturated carbocycles. The van der Waals surface area contributed by atoms with E-state index in [9.17, 15) is 9.59 Å². The Morgan fingerprint density at radius 3 is 2.79 bits per heavy atom. The maximum Gasteiger partial charge on any atom is 0.241 e. The monoisotopic (exact) mass is 267 g/mol. The summed E-state index contributed by atoms with van der Waals surface area (Å²) in [7, 11) is 1.56. The zero-order chi connectivity index (χ0) is 14.3. The van der Waals surface area contributed by atoms with Crippen LogP contribution >= 0.6 is 0 Å². The molecule has 19 heavy (non-hydrogen) atoms. The van der Waals surface area contributed by atoms with Crippen molar-refractivity contribution in [2.24, 2.45) is 11.7 Å². The summed E-state index contributed by atoms with van der Waals surface area (Å²) in [4.78, 5) is 22.9. The molecule has 0 radical (unpaired) electrons. The summed E-state index contributed by atoms with van der Waals surface area (Å²) in [5.41, 5.74) is 6.14. The topological polar surface area (TPSA) is 102 Å². The number of nitrogens with zero attached hydrogens (tertiary/aromatic N) is 2. The highest BCUT2D eigenvalue weighted by molar-refractivity contribution is 5.90. The molecule has 1 unspecified atom stereocenters. The number of nitrogens with two attached hydrogens (primary N) is 1. The number of nitrogens with one attached hydrogen (secondary N) is 2. The van der Waals surface area contributed by atoms with Crippen LogP contribution in [0.2, 0.25) is 0 Å². The van der Waals surface area contributed by atoms with Gasteiger partial charge in [0, 0.05) is 19.7 Å². The lowest BCUT2D eigenvalue weighted by atomic mass is 10.0. The van der Waals surface area contributed by atoms with E-state index < -0.39 is 0 Å². The Morgan fingerprint density at radius 2 is 2.21 bits per heavy atom. The second kappa shape index (κ2) is 7.52. The van der Waals surface area contributed by atoms with Crippen molar-refractivity contribution < 1.29 is 9.59 Å². The minimum atomic E-state index is -0.143. The smallest absolute Gasteiger partial charge is 0.241 e. The van der Waals surface area contributed by atoms with Crippen molar-refractivity contribution in [3.05, 3.63) is 12.4 Å². The average molecular weight is 267 g/mol. The van der Waals surface area contributed by atoms with Crippen molar-refractivity contribution in [3.8, 4) is 0 Å². The molecule has 1 aromatic rings. The van der Waals surface area contributed by atoms with Crippen LogP contribution in [0.3, 0.4) is 0 Å². The van der Waals surface area contributed by atoms with Gasteiger partial charge in [-0.05, 0) is 12.5 Å². The van der Waals surface area contributed by atoms with Gasteiger partial charge in [-0.15, -0.1) is 0 Å². The molecule has 0 aliphatic rings. The van der Waals surface area contributed by atoms with Crippen molar-refractivity contribution >= 4 is 17.5 Å². The Hall–Kier alpha value is -1.89. The average Bonchev–Trinajstić information content (AvgIpc) is 2.82. The van der Waals surface area contributed by atoms with E-state index in [0.717, 1.165) is 6.42 Å². The van der Waals surface area contributed by atoms with E-state index in [2.05, 4.69) is 15.7 Å². The molecule has 1 heterocycles. The Balaban J connectivity index is 2.49. The summed E-state index contributed by atoms with van der Waals surface area (Å²) >= 11 is 0. The van der Waals surface area contributed by atoms with Gasteiger partial charge in [-0.1, -0.05) is 13.3 Å². The Morgan fingerprint density at radius 1 is 1.47 bits per heavy atom. The largest absolute Gasteiger partial charge is 0.358 e. The van der Waals surface area contributed by atoms with E-state index in [1.165, 1.54) is 10.9 Å². The van der Waals surface area contributed by atoms with Gasteiger partial charge >= 0.3 is 0 Å². The van der Waals surface area contributed by atoms with Crippen LogP contribution in [0, 0.1) is 5.92 Å². The summed E-state index contributed by atoms with van der Waals surface area (Å²) < 4.78 is 1.47. The van der Waals surface area contributed by atoms with Gasteiger partial charge in [-0.2, -0.15) is 5.10 Å². The highest BCUT2D eigenvalue weighted by Gasteiger charge is 2.11. The van der Waals surface area contributed by atoms with Crippen LogP contribution < -0.4 is 16.4 Å². The lowest BCUT2D eigenvalue weighted by Crippen LogP contribution is -2.23. The zero-order valence-electron chi connectivity index (χ0n) is 11.3. The summed E-state index contributed by atoms with van der Waals surface area (Å²) in [5.74, 6) is -0.0344. The summed E-state index contributed by atoms with van der Waals surface area (Å²) in [5, 5.41) is 9.24. The van der Waals surface area contributed by atoms with Gasteiger partial charge < -0.3 is 16.4 Å². The number of carbonyl (C=O) groups excluding carboxylic acids is 2. The normalized spacial score (nSPS) is 11.9. The molecule has 106 valence electrons. The predicted octanol–water partition coefficient (Wildman–Crippen LogP) is -0.0574. The number of hydrogen-bond acceptors (Lipinski definition) is 4. The molecular formula is C12H21N5O2. The Bertz CT molecular complexity index is 426. The molecule has 7 nitrogen and oxygen atoms in total. The van der Waals surface area contributed by atoms with E-state index in [-0.39, 0.29) is 24.3 Å². The van der Waals surface area contributed by atoms with Crippen molar-refractivity contribution in [2.75, 3.05) is 18.9 Å². The molecule has 0 bridgehead atoms. The van der Waals surface area contributed by atoms with Crippen LogP contribution in [0.5, 0.6) is 0 Å². The maximum absolute atomic E-state index is 11.7. The molecule has 0 aliphatic heterocycles. The molecule has 1 rings (SSSR count). The predicted molar refractivity (Wildman–Crippen MR) is 72.4 cm³/mol. The van der Waals surface area contributed by atoms with Crippen LogP contribution in [-0.2, 0) is 16.1 Å². The molecule has 0 aromatic carbocycles. The fourth-order valence-corrected chi connectivity index (χ4v) is 1.61. The van der Waals surface area contributed by atoms with E-state index in [4.69, 9.17) is 5.73 Å². The minimum absolute atomic E-state index is 0.0863.